The number of anilines is 1. The zero-order valence-corrected chi connectivity index (χ0v) is 12.6. The zero-order valence-electron chi connectivity index (χ0n) is 12.6. The van der Waals surface area contributed by atoms with Crippen molar-refractivity contribution >= 4 is 5.82 Å². The molecule has 0 radical (unpaired) electrons. The minimum Gasteiger partial charge on any atom is -0.472 e. The number of pyridine rings is 1. The Morgan fingerprint density at radius 2 is 1.90 bits per heavy atom. The average Bonchev–Trinajstić information content (AvgIpc) is 2.36. The molecule has 1 aliphatic rings. The second-order valence-corrected chi connectivity index (χ2v) is 6.30. The van der Waals surface area contributed by atoms with E-state index < -0.39 is 17.8 Å². The molecule has 0 bridgehead atoms. The van der Waals surface area contributed by atoms with Gasteiger partial charge in [-0.2, -0.15) is 18.2 Å². The van der Waals surface area contributed by atoms with Crippen molar-refractivity contribution in [3.8, 4) is 5.88 Å². The van der Waals surface area contributed by atoms with Gasteiger partial charge in [0.1, 0.15) is 17.5 Å². The van der Waals surface area contributed by atoms with Crippen LogP contribution in [0.25, 0.3) is 0 Å². The number of alkyl halides is 3. The number of rotatable bonds is 2. The number of aromatic nitrogens is 1. The summed E-state index contributed by atoms with van der Waals surface area (Å²) in [5, 5.41) is 0. The first kappa shape index (κ1) is 15.9. The molecule has 3 nitrogen and oxygen atoms in total. The maximum atomic E-state index is 13.1. The monoisotopic (exact) mass is 302 g/mol. The van der Waals surface area contributed by atoms with Crippen LogP contribution in [-0.4, -0.2) is 29.3 Å². The van der Waals surface area contributed by atoms with Crippen molar-refractivity contribution in [2.45, 2.75) is 57.9 Å². The van der Waals surface area contributed by atoms with E-state index in [2.05, 4.69) is 4.98 Å². The Balaban J connectivity index is 2.25. The molecule has 1 fully saturated rings. The lowest BCUT2D eigenvalue weighted by atomic mass is 10.0. The quantitative estimate of drug-likeness (QED) is 0.819. The smallest absolute Gasteiger partial charge is 0.408 e. The number of halogens is 3. The first-order valence-corrected chi connectivity index (χ1v) is 7.16. The number of hydrogen-bond acceptors (Lipinski definition) is 3. The summed E-state index contributed by atoms with van der Waals surface area (Å²) in [6, 6.07) is 3.51. The lowest BCUT2D eigenvalue weighted by Gasteiger charge is -2.37. The predicted molar refractivity (Wildman–Crippen MR) is 75.7 cm³/mol. The van der Waals surface area contributed by atoms with Crippen LogP contribution in [-0.2, 0) is 0 Å². The van der Waals surface area contributed by atoms with Crippen molar-refractivity contribution in [1.29, 1.82) is 0 Å². The SMILES string of the molecule is CC(C)(C)Oc1cccc(N2CCCCC2C(F)(F)F)n1. The third kappa shape index (κ3) is 4.25. The molecule has 0 aliphatic carbocycles. The van der Waals surface area contributed by atoms with Crippen LogP contribution in [0.3, 0.4) is 0 Å². The van der Waals surface area contributed by atoms with Gasteiger partial charge in [-0.05, 0) is 46.1 Å². The molecular weight excluding hydrogens is 281 g/mol. The molecule has 0 N–H and O–H groups in total. The molecular formula is C15H21F3N2O. The van der Waals surface area contributed by atoms with Gasteiger partial charge in [-0.15, -0.1) is 0 Å². The molecule has 0 aromatic carbocycles. The molecule has 1 aliphatic heterocycles. The lowest BCUT2D eigenvalue weighted by molar-refractivity contribution is -0.152. The van der Waals surface area contributed by atoms with E-state index in [4.69, 9.17) is 4.74 Å². The largest absolute Gasteiger partial charge is 0.472 e. The second-order valence-electron chi connectivity index (χ2n) is 6.30. The number of piperidine rings is 1. The van der Waals surface area contributed by atoms with Gasteiger partial charge < -0.3 is 9.64 Å². The fourth-order valence-corrected chi connectivity index (χ4v) is 2.48. The van der Waals surface area contributed by atoms with Gasteiger partial charge in [0, 0.05) is 12.6 Å². The minimum atomic E-state index is -4.23. The van der Waals surface area contributed by atoms with Crippen LogP contribution >= 0.6 is 0 Å². The average molecular weight is 302 g/mol. The Labute approximate surface area is 123 Å². The number of hydrogen-bond donors (Lipinski definition) is 0. The Kier molecular flexibility index (Phi) is 4.35. The first-order valence-electron chi connectivity index (χ1n) is 7.16. The molecule has 0 amide bonds. The maximum absolute atomic E-state index is 13.1. The summed E-state index contributed by atoms with van der Waals surface area (Å²) < 4.78 is 45.1. The van der Waals surface area contributed by atoms with Crippen LogP contribution in [0, 0.1) is 0 Å². The highest BCUT2D eigenvalue weighted by Crippen LogP contribution is 2.34. The maximum Gasteiger partial charge on any atom is 0.408 e. The van der Waals surface area contributed by atoms with E-state index in [1.54, 1.807) is 18.2 Å². The van der Waals surface area contributed by atoms with E-state index >= 15 is 0 Å². The van der Waals surface area contributed by atoms with Crippen LogP contribution in [0.15, 0.2) is 18.2 Å². The Morgan fingerprint density at radius 1 is 1.19 bits per heavy atom. The van der Waals surface area contributed by atoms with Crippen LogP contribution in [0.5, 0.6) is 5.88 Å². The molecule has 1 aromatic heterocycles. The van der Waals surface area contributed by atoms with Gasteiger partial charge in [-0.25, -0.2) is 0 Å². The molecule has 6 heteroatoms. The molecule has 1 saturated heterocycles. The van der Waals surface area contributed by atoms with Crippen LogP contribution in [0.1, 0.15) is 40.0 Å². The number of nitrogens with zero attached hydrogens (tertiary/aromatic N) is 2. The summed E-state index contributed by atoms with van der Waals surface area (Å²) >= 11 is 0. The third-order valence-electron chi connectivity index (χ3n) is 3.29. The van der Waals surface area contributed by atoms with Crippen LogP contribution in [0.4, 0.5) is 19.0 Å². The van der Waals surface area contributed by atoms with Gasteiger partial charge in [0.15, 0.2) is 0 Å². The van der Waals surface area contributed by atoms with Crippen molar-refractivity contribution in [2.24, 2.45) is 0 Å². The molecule has 0 spiro atoms. The molecule has 2 rings (SSSR count). The lowest BCUT2D eigenvalue weighted by Crippen LogP contribution is -2.49. The van der Waals surface area contributed by atoms with Gasteiger partial charge in [0.25, 0.3) is 0 Å². The third-order valence-corrected chi connectivity index (χ3v) is 3.29. The summed E-state index contributed by atoms with van der Waals surface area (Å²) in [4.78, 5) is 5.60. The van der Waals surface area contributed by atoms with Crippen LogP contribution < -0.4 is 9.64 Å². The Hall–Kier alpha value is -1.46. The predicted octanol–water partition coefficient (Wildman–Crippen LogP) is 4.18. The van der Waals surface area contributed by atoms with Crippen molar-refractivity contribution in [1.82, 2.24) is 4.98 Å². The van der Waals surface area contributed by atoms with E-state index in [0.717, 1.165) is 6.42 Å². The van der Waals surface area contributed by atoms with Crippen molar-refractivity contribution in [3.63, 3.8) is 0 Å². The standard InChI is InChI=1S/C15H21F3N2O/c1-14(2,3)21-13-9-6-8-12(19-13)20-10-5-4-7-11(20)15(16,17)18/h6,8-9,11H,4-5,7,10H2,1-3H3. The van der Waals surface area contributed by atoms with E-state index in [1.807, 2.05) is 20.8 Å². The van der Waals surface area contributed by atoms with E-state index in [-0.39, 0.29) is 6.42 Å². The highest BCUT2D eigenvalue weighted by molar-refractivity contribution is 5.43. The second kappa shape index (κ2) is 5.73. The normalized spacial score (nSPS) is 20.5. The molecule has 0 saturated carbocycles. The molecule has 21 heavy (non-hydrogen) atoms. The molecule has 1 unspecified atom stereocenters. The molecule has 118 valence electrons. The summed E-state index contributed by atoms with van der Waals surface area (Å²) in [5.74, 6) is 0.685. The highest BCUT2D eigenvalue weighted by Gasteiger charge is 2.45. The first-order chi connectivity index (χ1) is 9.67. The van der Waals surface area contributed by atoms with Crippen LogP contribution in [0.2, 0.25) is 0 Å². The van der Waals surface area contributed by atoms with E-state index in [0.29, 0.717) is 24.7 Å². The van der Waals surface area contributed by atoms with E-state index in [9.17, 15) is 13.2 Å². The minimum absolute atomic E-state index is 0.121. The van der Waals surface area contributed by atoms with Gasteiger partial charge in [-0.1, -0.05) is 6.07 Å². The summed E-state index contributed by atoms with van der Waals surface area (Å²) in [6.07, 6.45) is -2.77. The van der Waals surface area contributed by atoms with Gasteiger partial charge in [0.05, 0.1) is 0 Å². The summed E-state index contributed by atoms with van der Waals surface area (Å²) in [6.45, 7) is 6.00. The van der Waals surface area contributed by atoms with E-state index in [1.165, 1.54) is 4.90 Å². The highest BCUT2D eigenvalue weighted by atomic mass is 19.4. The van der Waals surface area contributed by atoms with Gasteiger partial charge in [0.2, 0.25) is 5.88 Å². The topological polar surface area (TPSA) is 25.4 Å². The van der Waals surface area contributed by atoms with Gasteiger partial charge in [-0.3, -0.25) is 0 Å². The Bertz CT molecular complexity index is 483. The summed E-state index contributed by atoms with van der Waals surface area (Å²) in [7, 11) is 0. The fourth-order valence-electron chi connectivity index (χ4n) is 2.48. The Morgan fingerprint density at radius 3 is 2.52 bits per heavy atom. The van der Waals surface area contributed by atoms with Crippen molar-refractivity contribution in [2.75, 3.05) is 11.4 Å². The fraction of sp³-hybridized carbons (Fsp3) is 0.667. The zero-order chi connectivity index (χ0) is 15.7. The van der Waals surface area contributed by atoms with Crippen molar-refractivity contribution < 1.29 is 17.9 Å². The summed E-state index contributed by atoms with van der Waals surface area (Å²) in [5.41, 5.74) is -0.434. The van der Waals surface area contributed by atoms with Gasteiger partial charge >= 0.3 is 6.18 Å². The molecule has 2 heterocycles. The number of ether oxygens (including phenoxy) is 1. The molecule has 1 atom stereocenters. The molecule has 1 aromatic rings. The van der Waals surface area contributed by atoms with Crippen molar-refractivity contribution in [3.05, 3.63) is 18.2 Å².